The molecule has 0 aliphatic rings. The van der Waals surface area contributed by atoms with E-state index < -0.39 is 0 Å². The van der Waals surface area contributed by atoms with Gasteiger partial charge in [0, 0.05) is 12.4 Å². The minimum atomic E-state index is 0.404. The van der Waals surface area contributed by atoms with Crippen molar-refractivity contribution in [2.75, 3.05) is 0 Å². The molecule has 3 aromatic rings. The summed E-state index contributed by atoms with van der Waals surface area (Å²) < 4.78 is 8.38. The van der Waals surface area contributed by atoms with E-state index in [-0.39, 0.29) is 0 Å². The molecule has 0 fully saturated rings. The SMILES string of the molecule is Cc1ccc(OCc2nc(Br)c3ncccn23)cc1. The van der Waals surface area contributed by atoms with Crippen LogP contribution in [0.4, 0.5) is 0 Å². The van der Waals surface area contributed by atoms with Gasteiger partial charge in [-0.1, -0.05) is 17.7 Å². The third-order valence-corrected chi connectivity index (χ3v) is 3.36. The van der Waals surface area contributed by atoms with Crippen LogP contribution in [0.3, 0.4) is 0 Å². The normalized spacial score (nSPS) is 10.8. The summed E-state index contributed by atoms with van der Waals surface area (Å²) in [6, 6.07) is 9.83. The van der Waals surface area contributed by atoms with Gasteiger partial charge in [-0.25, -0.2) is 9.97 Å². The number of nitrogens with zero attached hydrogens (tertiary/aromatic N) is 3. The van der Waals surface area contributed by atoms with Gasteiger partial charge in [0.1, 0.15) is 12.4 Å². The fraction of sp³-hybridized carbons (Fsp3) is 0.143. The van der Waals surface area contributed by atoms with Crippen molar-refractivity contribution >= 4 is 21.6 Å². The molecular weight excluding hydrogens is 306 g/mol. The number of hydrogen-bond acceptors (Lipinski definition) is 3. The second-order valence-electron chi connectivity index (χ2n) is 4.23. The molecule has 0 bridgehead atoms. The Morgan fingerprint density at radius 2 is 2.05 bits per heavy atom. The first-order valence-electron chi connectivity index (χ1n) is 5.91. The van der Waals surface area contributed by atoms with Gasteiger partial charge in [-0.2, -0.15) is 0 Å². The van der Waals surface area contributed by atoms with Crippen LogP contribution in [0, 0.1) is 6.92 Å². The Morgan fingerprint density at radius 3 is 2.84 bits per heavy atom. The quantitative estimate of drug-likeness (QED) is 0.743. The zero-order chi connectivity index (χ0) is 13.2. The van der Waals surface area contributed by atoms with Crippen LogP contribution >= 0.6 is 15.9 Å². The van der Waals surface area contributed by atoms with E-state index in [1.165, 1.54) is 5.56 Å². The maximum atomic E-state index is 5.74. The number of hydrogen-bond donors (Lipinski definition) is 0. The Hall–Kier alpha value is -1.88. The first kappa shape index (κ1) is 12.2. The van der Waals surface area contributed by atoms with Crippen LogP contribution < -0.4 is 4.74 Å². The number of benzene rings is 1. The molecule has 19 heavy (non-hydrogen) atoms. The molecule has 0 spiro atoms. The van der Waals surface area contributed by atoms with E-state index in [9.17, 15) is 0 Å². The molecule has 0 atom stereocenters. The highest BCUT2D eigenvalue weighted by molar-refractivity contribution is 9.10. The fourth-order valence-electron chi connectivity index (χ4n) is 1.83. The summed E-state index contributed by atoms with van der Waals surface area (Å²) in [5, 5.41) is 0. The molecule has 0 aliphatic carbocycles. The number of fused-ring (bicyclic) bond motifs is 1. The molecule has 0 unspecified atom stereocenters. The lowest BCUT2D eigenvalue weighted by atomic mass is 10.2. The third kappa shape index (κ3) is 2.46. The van der Waals surface area contributed by atoms with Crippen LogP contribution in [0.2, 0.25) is 0 Å². The summed E-state index contributed by atoms with van der Waals surface area (Å²) in [5.41, 5.74) is 2.01. The molecule has 4 nitrogen and oxygen atoms in total. The van der Waals surface area contributed by atoms with E-state index in [1.54, 1.807) is 6.20 Å². The number of aromatic nitrogens is 3. The molecule has 5 heteroatoms. The van der Waals surface area contributed by atoms with Crippen molar-refractivity contribution in [1.82, 2.24) is 14.4 Å². The Bertz CT molecular complexity index is 706. The van der Waals surface area contributed by atoms with Gasteiger partial charge in [0.05, 0.1) is 0 Å². The molecule has 0 amide bonds. The predicted octanol–water partition coefficient (Wildman–Crippen LogP) is 3.38. The minimum absolute atomic E-state index is 0.404. The van der Waals surface area contributed by atoms with Crippen LogP contribution in [-0.4, -0.2) is 14.4 Å². The van der Waals surface area contributed by atoms with Gasteiger partial charge >= 0.3 is 0 Å². The maximum Gasteiger partial charge on any atom is 0.171 e. The number of ether oxygens (including phenoxy) is 1. The van der Waals surface area contributed by atoms with E-state index >= 15 is 0 Å². The molecule has 3 rings (SSSR count). The van der Waals surface area contributed by atoms with Gasteiger partial charge in [0.2, 0.25) is 0 Å². The van der Waals surface area contributed by atoms with E-state index in [2.05, 4.69) is 32.8 Å². The first-order chi connectivity index (χ1) is 9.24. The summed E-state index contributed by atoms with van der Waals surface area (Å²) in [4.78, 5) is 8.68. The average Bonchev–Trinajstić information content (AvgIpc) is 2.76. The van der Waals surface area contributed by atoms with Crippen LogP contribution in [0.15, 0.2) is 47.3 Å². The Balaban J connectivity index is 1.84. The minimum Gasteiger partial charge on any atom is -0.486 e. The second-order valence-corrected chi connectivity index (χ2v) is 4.99. The van der Waals surface area contributed by atoms with E-state index in [0.717, 1.165) is 21.8 Å². The molecule has 2 aromatic heterocycles. The van der Waals surface area contributed by atoms with E-state index in [4.69, 9.17) is 4.74 Å². The number of imidazole rings is 1. The molecule has 0 saturated heterocycles. The fourth-order valence-corrected chi connectivity index (χ4v) is 2.33. The largest absolute Gasteiger partial charge is 0.486 e. The van der Waals surface area contributed by atoms with Gasteiger partial charge in [0.25, 0.3) is 0 Å². The first-order valence-corrected chi connectivity index (χ1v) is 6.70. The lowest BCUT2D eigenvalue weighted by molar-refractivity contribution is 0.295. The van der Waals surface area contributed by atoms with Crippen molar-refractivity contribution in [2.24, 2.45) is 0 Å². The lowest BCUT2D eigenvalue weighted by Gasteiger charge is -2.05. The molecule has 2 heterocycles. The summed E-state index contributed by atoms with van der Waals surface area (Å²) in [6.45, 7) is 2.45. The predicted molar refractivity (Wildman–Crippen MR) is 76.2 cm³/mol. The average molecular weight is 318 g/mol. The number of halogens is 1. The second kappa shape index (κ2) is 5.01. The van der Waals surface area contributed by atoms with E-state index in [0.29, 0.717) is 6.61 Å². The van der Waals surface area contributed by atoms with Crippen molar-refractivity contribution < 1.29 is 4.74 Å². The summed E-state index contributed by atoms with van der Waals surface area (Å²) in [7, 11) is 0. The Labute approximate surface area is 119 Å². The van der Waals surface area contributed by atoms with Crippen molar-refractivity contribution in [2.45, 2.75) is 13.5 Å². The smallest absolute Gasteiger partial charge is 0.171 e. The number of aryl methyl sites for hydroxylation is 1. The van der Waals surface area contributed by atoms with Crippen molar-refractivity contribution in [1.29, 1.82) is 0 Å². The summed E-state index contributed by atoms with van der Waals surface area (Å²) >= 11 is 3.40. The standard InChI is InChI=1S/C14H12BrN3O/c1-10-3-5-11(6-4-10)19-9-12-17-13(15)14-16-7-2-8-18(12)14/h2-8H,9H2,1H3. The Morgan fingerprint density at radius 1 is 1.26 bits per heavy atom. The maximum absolute atomic E-state index is 5.74. The van der Waals surface area contributed by atoms with Gasteiger partial charge in [0.15, 0.2) is 16.1 Å². The van der Waals surface area contributed by atoms with Crippen molar-refractivity contribution in [3.05, 3.63) is 58.7 Å². The van der Waals surface area contributed by atoms with Gasteiger partial charge in [-0.15, -0.1) is 0 Å². The van der Waals surface area contributed by atoms with Crippen molar-refractivity contribution in [3.8, 4) is 5.75 Å². The molecule has 0 aliphatic heterocycles. The molecule has 96 valence electrons. The molecule has 0 N–H and O–H groups in total. The molecule has 0 saturated carbocycles. The van der Waals surface area contributed by atoms with Crippen LogP contribution in [0.25, 0.3) is 5.65 Å². The van der Waals surface area contributed by atoms with E-state index in [1.807, 2.05) is 40.9 Å². The third-order valence-electron chi connectivity index (χ3n) is 2.82. The van der Waals surface area contributed by atoms with Crippen molar-refractivity contribution in [3.63, 3.8) is 0 Å². The van der Waals surface area contributed by atoms with Gasteiger partial charge in [-0.05, 0) is 41.1 Å². The zero-order valence-corrected chi connectivity index (χ0v) is 12.0. The van der Waals surface area contributed by atoms with Crippen LogP contribution in [0.1, 0.15) is 11.4 Å². The highest BCUT2D eigenvalue weighted by Gasteiger charge is 2.09. The molecular formula is C14H12BrN3O. The van der Waals surface area contributed by atoms with Crippen LogP contribution in [-0.2, 0) is 6.61 Å². The van der Waals surface area contributed by atoms with Gasteiger partial charge < -0.3 is 4.74 Å². The van der Waals surface area contributed by atoms with Crippen LogP contribution in [0.5, 0.6) is 5.75 Å². The molecule has 0 radical (unpaired) electrons. The number of rotatable bonds is 3. The monoisotopic (exact) mass is 317 g/mol. The van der Waals surface area contributed by atoms with Gasteiger partial charge in [-0.3, -0.25) is 4.40 Å². The highest BCUT2D eigenvalue weighted by atomic mass is 79.9. The Kier molecular flexibility index (Phi) is 3.21. The zero-order valence-electron chi connectivity index (χ0n) is 10.4. The molecule has 1 aromatic carbocycles. The summed E-state index contributed by atoms with van der Waals surface area (Å²) in [6.07, 6.45) is 3.67. The summed E-state index contributed by atoms with van der Waals surface area (Å²) in [5.74, 6) is 1.65. The lowest BCUT2D eigenvalue weighted by Crippen LogP contribution is -2.01. The highest BCUT2D eigenvalue weighted by Crippen LogP contribution is 2.18. The topological polar surface area (TPSA) is 39.4 Å².